The number of fused-ring (bicyclic) bond motifs is 3. The number of aromatic hydroxyl groups is 1. The zero-order valence-corrected chi connectivity index (χ0v) is 24.8. The van der Waals surface area contributed by atoms with Gasteiger partial charge in [-0.05, 0) is 62.3 Å². The minimum Gasteiger partial charge on any atom is -0.508 e. The molecule has 8 rings (SSSR count). The average molecular weight is 613 g/mol. The molecule has 5 aliphatic rings. The zero-order valence-electron chi connectivity index (χ0n) is 24.1. The van der Waals surface area contributed by atoms with E-state index in [1.54, 1.807) is 0 Å². The Morgan fingerprint density at radius 1 is 1.23 bits per heavy atom. The SMILES string of the molecule is CCC1CN2c3nc(OC[C@@]45CCCN4C[C@@H](F)C5)nc4c(F)c(-c5cc(O)cc(Cl)c5C5CC5)nc(c34)OC[C@H]2CN1. The van der Waals surface area contributed by atoms with Crippen molar-refractivity contribution in [2.75, 3.05) is 44.3 Å². The van der Waals surface area contributed by atoms with Gasteiger partial charge in [-0.15, -0.1) is 0 Å². The van der Waals surface area contributed by atoms with E-state index in [9.17, 15) is 9.50 Å². The number of nitrogens with zero attached hydrogens (tertiary/aromatic N) is 5. The second kappa shape index (κ2) is 10.3. The topological polar surface area (TPSA) is 95.9 Å². The molecule has 0 radical (unpaired) electrons. The minimum absolute atomic E-state index is 0.0267. The molecule has 3 aromatic rings. The van der Waals surface area contributed by atoms with Crippen molar-refractivity contribution in [3.8, 4) is 28.9 Å². The first-order valence-electron chi connectivity index (χ1n) is 15.4. The molecule has 0 spiro atoms. The maximum Gasteiger partial charge on any atom is 0.319 e. The predicted octanol–water partition coefficient (Wildman–Crippen LogP) is 4.97. The Hall–Kier alpha value is -3.02. The highest BCUT2D eigenvalue weighted by Gasteiger charge is 2.49. The van der Waals surface area contributed by atoms with Crippen molar-refractivity contribution in [1.82, 2.24) is 25.2 Å². The standard InChI is InChI=1S/C31H35ClF2N6O3/c1-2-18-13-40-19(11-35-18)14-42-29-24-27(25(34)26(36-29)21-8-20(41)9-22(32)23(21)16-4-5-16)37-30(38-28(24)40)43-15-31-6-3-7-39(31)12-17(33)10-31/h8-9,16-19,35,41H,2-7,10-15H2,1H3/t17-,18?,19+,31-/m0/s1. The fraction of sp³-hybridized carbons (Fsp3) is 0.581. The number of nitrogens with one attached hydrogen (secondary N) is 1. The van der Waals surface area contributed by atoms with Gasteiger partial charge in [-0.2, -0.15) is 9.97 Å². The lowest BCUT2D eigenvalue weighted by Crippen LogP contribution is -2.58. The van der Waals surface area contributed by atoms with Crippen molar-refractivity contribution in [2.45, 2.75) is 75.2 Å². The van der Waals surface area contributed by atoms with E-state index in [0.717, 1.165) is 44.2 Å². The van der Waals surface area contributed by atoms with Gasteiger partial charge < -0.3 is 24.8 Å². The summed E-state index contributed by atoms with van der Waals surface area (Å²) in [6.45, 7) is 5.28. The summed E-state index contributed by atoms with van der Waals surface area (Å²) in [4.78, 5) is 18.5. The Balaban J connectivity index is 1.29. The Labute approximate surface area is 253 Å². The highest BCUT2D eigenvalue weighted by Crippen LogP contribution is 2.50. The van der Waals surface area contributed by atoms with Gasteiger partial charge in [-0.3, -0.25) is 4.90 Å². The van der Waals surface area contributed by atoms with Gasteiger partial charge in [0.15, 0.2) is 5.82 Å². The molecule has 3 saturated heterocycles. The molecule has 4 aliphatic heterocycles. The largest absolute Gasteiger partial charge is 0.508 e. The molecule has 2 N–H and O–H groups in total. The van der Waals surface area contributed by atoms with Crippen molar-refractivity contribution in [3.05, 3.63) is 28.5 Å². The number of piperazine rings is 1. The molecular formula is C31H35ClF2N6O3. The first-order valence-corrected chi connectivity index (χ1v) is 15.8. The van der Waals surface area contributed by atoms with Crippen molar-refractivity contribution in [1.29, 1.82) is 0 Å². The third-order valence-corrected chi connectivity index (χ3v) is 10.3. The van der Waals surface area contributed by atoms with Gasteiger partial charge in [0.25, 0.3) is 0 Å². The van der Waals surface area contributed by atoms with Crippen LogP contribution >= 0.6 is 11.6 Å². The van der Waals surface area contributed by atoms with E-state index in [4.69, 9.17) is 31.0 Å². The van der Waals surface area contributed by atoms with Gasteiger partial charge >= 0.3 is 6.01 Å². The van der Waals surface area contributed by atoms with Crippen LogP contribution in [0.2, 0.25) is 5.02 Å². The van der Waals surface area contributed by atoms with Crippen molar-refractivity contribution in [2.24, 2.45) is 0 Å². The lowest BCUT2D eigenvalue weighted by molar-refractivity contribution is 0.107. The van der Waals surface area contributed by atoms with E-state index in [0.29, 0.717) is 54.5 Å². The van der Waals surface area contributed by atoms with Gasteiger partial charge in [0, 0.05) is 42.7 Å². The van der Waals surface area contributed by atoms with Crippen LogP contribution in [0.25, 0.3) is 22.2 Å². The summed E-state index contributed by atoms with van der Waals surface area (Å²) >= 11 is 6.59. The molecule has 0 bridgehead atoms. The van der Waals surface area contributed by atoms with Crippen LogP contribution in [-0.2, 0) is 0 Å². The molecule has 4 atom stereocenters. The number of alkyl halides is 1. The van der Waals surface area contributed by atoms with Gasteiger partial charge in [0.1, 0.15) is 47.5 Å². The fourth-order valence-corrected chi connectivity index (χ4v) is 7.98. The van der Waals surface area contributed by atoms with Crippen LogP contribution < -0.4 is 19.7 Å². The molecule has 1 unspecified atom stereocenters. The molecule has 0 amide bonds. The first kappa shape index (κ1) is 27.5. The van der Waals surface area contributed by atoms with Gasteiger partial charge in [0.05, 0.1) is 11.6 Å². The number of ether oxygens (including phenoxy) is 2. The molecule has 1 aliphatic carbocycles. The molecule has 228 valence electrons. The van der Waals surface area contributed by atoms with Gasteiger partial charge in [-0.25, -0.2) is 13.8 Å². The second-order valence-corrected chi connectivity index (χ2v) is 13.2. The molecule has 1 aromatic carbocycles. The van der Waals surface area contributed by atoms with Crippen LogP contribution in [0.4, 0.5) is 14.6 Å². The predicted molar refractivity (Wildman–Crippen MR) is 159 cm³/mol. The van der Waals surface area contributed by atoms with E-state index in [1.807, 2.05) is 0 Å². The smallest absolute Gasteiger partial charge is 0.319 e. The molecule has 4 fully saturated rings. The monoisotopic (exact) mass is 612 g/mol. The highest BCUT2D eigenvalue weighted by molar-refractivity contribution is 6.32. The number of halogens is 3. The Morgan fingerprint density at radius 2 is 2.09 bits per heavy atom. The van der Waals surface area contributed by atoms with E-state index in [2.05, 4.69) is 27.0 Å². The van der Waals surface area contributed by atoms with Crippen molar-refractivity contribution >= 4 is 28.3 Å². The summed E-state index contributed by atoms with van der Waals surface area (Å²) < 4.78 is 43.8. The Bertz CT molecular complexity index is 1610. The normalized spacial score (nSPS) is 28.5. The Kier molecular flexibility index (Phi) is 6.58. The third-order valence-electron chi connectivity index (χ3n) is 9.98. The molecule has 12 heteroatoms. The average Bonchev–Trinajstić information content (AvgIpc) is 3.70. The van der Waals surface area contributed by atoms with E-state index >= 15 is 4.39 Å². The van der Waals surface area contributed by atoms with Gasteiger partial charge in [-0.1, -0.05) is 18.5 Å². The summed E-state index contributed by atoms with van der Waals surface area (Å²) in [5.41, 5.74) is 0.878. The number of rotatable bonds is 6. The van der Waals surface area contributed by atoms with Crippen LogP contribution in [0, 0.1) is 5.82 Å². The molecular weight excluding hydrogens is 578 g/mol. The Morgan fingerprint density at radius 3 is 2.91 bits per heavy atom. The summed E-state index contributed by atoms with van der Waals surface area (Å²) in [6, 6.07) is 3.22. The number of phenols is 1. The lowest BCUT2D eigenvalue weighted by Gasteiger charge is -2.39. The first-order chi connectivity index (χ1) is 20.8. The van der Waals surface area contributed by atoms with Crippen molar-refractivity contribution < 1.29 is 23.4 Å². The van der Waals surface area contributed by atoms with Crippen molar-refractivity contribution in [3.63, 3.8) is 0 Å². The molecule has 6 heterocycles. The molecule has 1 saturated carbocycles. The second-order valence-electron chi connectivity index (χ2n) is 12.8. The number of anilines is 1. The van der Waals surface area contributed by atoms with Crippen LogP contribution in [0.5, 0.6) is 17.6 Å². The number of hydrogen-bond acceptors (Lipinski definition) is 9. The summed E-state index contributed by atoms with van der Waals surface area (Å²) in [6.07, 6.45) is 4.13. The summed E-state index contributed by atoms with van der Waals surface area (Å²) in [7, 11) is 0. The lowest BCUT2D eigenvalue weighted by atomic mass is 9.95. The zero-order chi connectivity index (χ0) is 29.5. The van der Waals surface area contributed by atoms with E-state index in [1.165, 1.54) is 12.1 Å². The van der Waals surface area contributed by atoms with Gasteiger partial charge in [0.2, 0.25) is 5.88 Å². The number of aromatic nitrogens is 3. The third kappa shape index (κ3) is 4.57. The summed E-state index contributed by atoms with van der Waals surface area (Å²) in [5, 5.41) is 14.8. The minimum atomic E-state index is -0.890. The molecule has 2 aromatic heterocycles. The van der Waals surface area contributed by atoms with Crippen LogP contribution in [-0.4, -0.2) is 88.1 Å². The van der Waals surface area contributed by atoms with Crippen LogP contribution in [0.15, 0.2) is 12.1 Å². The maximum atomic E-state index is 16.8. The number of benzene rings is 1. The van der Waals surface area contributed by atoms with Crippen LogP contribution in [0.3, 0.4) is 0 Å². The molecule has 9 nitrogen and oxygen atoms in total. The fourth-order valence-electron chi connectivity index (χ4n) is 7.61. The quantitative estimate of drug-likeness (QED) is 0.400. The maximum absolute atomic E-state index is 16.8. The number of pyridine rings is 1. The van der Waals surface area contributed by atoms with E-state index in [-0.39, 0.29) is 53.5 Å². The number of phenolic OH excluding ortho intramolecular Hbond substituents is 1. The molecule has 43 heavy (non-hydrogen) atoms. The number of hydrogen-bond donors (Lipinski definition) is 2. The highest BCUT2D eigenvalue weighted by atomic mass is 35.5. The summed E-state index contributed by atoms with van der Waals surface area (Å²) in [5.74, 6) is 0.230. The van der Waals surface area contributed by atoms with Crippen LogP contribution in [0.1, 0.15) is 56.9 Å². The van der Waals surface area contributed by atoms with E-state index < -0.39 is 17.5 Å².